The molecule has 3 rings (SSSR count). The Labute approximate surface area is 159 Å². The van der Waals surface area contributed by atoms with Crippen molar-refractivity contribution in [1.82, 2.24) is 0 Å². The Bertz CT molecular complexity index is 801. The molecule has 4 nitrogen and oxygen atoms in total. The Morgan fingerprint density at radius 1 is 1.19 bits per heavy atom. The first-order valence-corrected chi connectivity index (χ1v) is 9.20. The Morgan fingerprint density at radius 2 is 1.89 bits per heavy atom. The molecule has 1 fully saturated rings. The summed E-state index contributed by atoms with van der Waals surface area (Å²) in [6.07, 6.45) is -0.387. The van der Waals surface area contributed by atoms with E-state index in [1.807, 2.05) is 18.2 Å². The van der Waals surface area contributed by atoms with Crippen molar-refractivity contribution in [3.63, 3.8) is 0 Å². The highest BCUT2D eigenvalue weighted by molar-refractivity contribution is 6.04. The van der Waals surface area contributed by atoms with Crippen LogP contribution in [0.25, 0.3) is 0 Å². The lowest BCUT2D eigenvalue weighted by Gasteiger charge is -2.44. The first kappa shape index (κ1) is 19.5. The van der Waals surface area contributed by atoms with Gasteiger partial charge in [-0.05, 0) is 42.3 Å². The number of nitrogens with one attached hydrogen (secondary N) is 1. The molecule has 0 aromatic heterocycles. The third-order valence-electron chi connectivity index (χ3n) is 4.78. The van der Waals surface area contributed by atoms with Crippen molar-refractivity contribution >= 4 is 11.6 Å². The molecule has 0 spiro atoms. The smallest absolute Gasteiger partial charge is 0.255 e. The molecule has 0 bridgehead atoms. The van der Waals surface area contributed by atoms with Crippen molar-refractivity contribution in [1.29, 1.82) is 0 Å². The van der Waals surface area contributed by atoms with Gasteiger partial charge in [-0.15, -0.1) is 0 Å². The summed E-state index contributed by atoms with van der Waals surface area (Å²) < 4.78 is 25.2. The molecule has 0 unspecified atom stereocenters. The molecular formula is C22H26FNO3. The lowest BCUT2D eigenvalue weighted by atomic mass is 9.80. The molecule has 1 heterocycles. The standard InChI is InChI=1S/C22H26FNO3/c1-14(2)19-22(3,4)13-26-21(27-19)16-6-5-7-18(12-16)24-20(25)15-8-10-17(23)11-9-15/h5-12,14,19,21H,13H2,1-4H3,(H,24,25)/t19-,21+/m0/s1. The van der Waals surface area contributed by atoms with Crippen LogP contribution in [-0.4, -0.2) is 18.6 Å². The first-order chi connectivity index (χ1) is 12.8. The van der Waals surface area contributed by atoms with E-state index in [1.54, 1.807) is 6.07 Å². The summed E-state index contributed by atoms with van der Waals surface area (Å²) in [6.45, 7) is 9.19. The summed E-state index contributed by atoms with van der Waals surface area (Å²) in [5.74, 6) is -0.297. The van der Waals surface area contributed by atoms with Crippen LogP contribution in [0.2, 0.25) is 0 Å². The Hall–Kier alpha value is -2.24. The van der Waals surface area contributed by atoms with Crippen LogP contribution in [0.1, 0.15) is 49.9 Å². The summed E-state index contributed by atoms with van der Waals surface area (Å²) in [7, 11) is 0. The Morgan fingerprint density at radius 3 is 2.56 bits per heavy atom. The fraction of sp³-hybridized carbons (Fsp3) is 0.409. The second-order valence-electron chi connectivity index (χ2n) is 8.02. The van der Waals surface area contributed by atoms with Gasteiger partial charge >= 0.3 is 0 Å². The topological polar surface area (TPSA) is 47.6 Å². The molecule has 1 amide bonds. The van der Waals surface area contributed by atoms with E-state index in [-0.39, 0.29) is 23.2 Å². The van der Waals surface area contributed by atoms with Crippen LogP contribution < -0.4 is 5.32 Å². The van der Waals surface area contributed by atoms with Crippen molar-refractivity contribution in [2.45, 2.75) is 40.1 Å². The maximum absolute atomic E-state index is 13.0. The van der Waals surface area contributed by atoms with Crippen LogP contribution >= 0.6 is 0 Å². The highest BCUT2D eigenvalue weighted by Crippen LogP contribution is 2.39. The monoisotopic (exact) mass is 371 g/mol. The number of amides is 1. The lowest BCUT2D eigenvalue weighted by molar-refractivity contribution is -0.274. The Kier molecular flexibility index (Phi) is 5.63. The molecule has 2 atom stereocenters. The number of halogens is 1. The predicted octanol–water partition coefficient (Wildman–Crippen LogP) is 5.17. The average molecular weight is 371 g/mol. The van der Waals surface area contributed by atoms with E-state index >= 15 is 0 Å². The van der Waals surface area contributed by atoms with E-state index in [0.29, 0.717) is 23.8 Å². The molecule has 0 radical (unpaired) electrons. The number of anilines is 1. The molecule has 1 saturated heterocycles. The summed E-state index contributed by atoms with van der Waals surface area (Å²) in [6, 6.07) is 12.9. The molecule has 1 N–H and O–H groups in total. The van der Waals surface area contributed by atoms with E-state index in [1.165, 1.54) is 24.3 Å². The number of benzene rings is 2. The van der Waals surface area contributed by atoms with Gasteiger partial charge in [0.15, 0.2) is 6.29 Å². The van der Waals surface area contributed by atoms with Crippen LogP contribution in [0.15, 0.2) is 48.5 Å². The molecular weight excluding hydrogens is 345 g/mol. The highest BCUT2D eigenvalue weighted by atomic mass is 19.1. The van der Waals surface area contributed by atoms with Gasteiger partial charge in [-0.2, -0.15) is 0 Å². The average Bonchev–Trinajstić information content (AvgIpc) is 2.62. The highest BCUT2D eigenvalue weighted by Gasteiger charge is 2.40. The van der Waals surface area contributed by atoms with Crippen LogP contribution in [-0.2, 0) is 9.47 Å². The maximum atomic E-state index is 13.0. The molecule has 1 aliphatic rings. The second-order valence-corrected chi connectivity index (χ2v) is 8.02. The van der Waals surface area contributed by atoms with Crippen molar-refractivity contribution < 1.29 is 18.7 Å². The van der Waals surface area contributed by atoms with Gasteiger partial charge in [-0.3, -0.25) is 4.79 Å². The fourth-order valence-electron chi connectivity index (χ4n) is 3.53. The maximum Gasteiger partial charge on any atom is 0.255 e. The van der Waals surface area contributed by atoms with Crippen molar-refractivity contribution in [3.05, 3.63) is 65.5 Å². The summed E-state index contributed by atoms with van der Waals surface area (Å²) in [5.41, 5.74) is 1.83. The van der Waals surface area contributed by atoms with E-state index in [4.69, 9.17) is 9.47 Å². The minimum atomic E-state index is -0.465. The van der Waals surface area contributed by atoms with E-state index in [0.717, 1.165) is 5.56 Å². The lowest BCUT2D eigenvalue weighted by Crippen LogP contribution is -2.45. The van der Waals surface area contributed by atoms with Crippen molar-refractivity contribution in [2.24, 2.45) is 11.3 Å². The van der Waals surface area contributed by atoms with Gasteiger partial charge in [0.25, 0.3) is 5.91 Å². The van der Waals surface area contributed by atoms with E-state index in [2.05, 4.69) is 33.0 Å². The molecule has 0 aliphatic carbocycles. The zero-order valence-electron chi connectivity index (χ0n) is 16.2. The van der Waals surface area contributed by atoms with Crippen LogP contribution in [0.3, 0.4) is 0 Å². The van der Waals surface area contributed by atoms with Gasteiger partial charge in [0.05, 0.1) is 12.7 Å². The van der Waals surface area contributed by atoms with Crippen LogP contribution in [0.5, 0.6) is 0 Å². The van der Waals surface area contributed by atoms with Gasteiger partial charge in [0.1, 0.15) is 5.82 Å². The molecule has 2 aromatic carbocycles. The predicted molar refractivity (Wildman–Crippen MR) is 103 cm³/mol. The normalized spacial score (nSPS) is 21.9. The van der Waals surface area contributed by atoms with Gasteiger partial charge < -0.3 is 14.8 Å². The van der Waals surface area contributed by atoms with E-state index in [9.17, 15) is 9.18 Å². The van der Waals surface area contributed by atoms with Gasteiger partial charge in [0.2, 0.25) is 0 Å². The van der Waals surface area contributed by atoms with Gasteiger partial charge in [0, 0.05) is 22.2 Å². The number of carbonyl (C=O) groups is 1. The largest absolute Gasteiger partial charge is 0.348 e. The third-order valence-corrected chi connectivity index (χ3v) is 4.78. The summed E-state index contributed by atoms with van der Waals surface area (Å²) in [4.78, 5) is 12.3. The SMILES string of the molecule is CC(C)[C@@H]1O[C@H](c2cccc(NC(=O)c3ccc(F)cc3)c2)OCC1(C)C. The number of rotatable bonds is 4. The van der Waals surface area contributed by atoms with Gasteiger partial charge in [-0.1, -0.05) is 39.8 Å². The van der Waals surface area contributed by atoms with E-state index < -0.39 is 6.29 Å². The first-order valence-electron chi connectivity index (χ1n) is 9.20. The quantitative estimate of drug-likeness (QED) is 0.806. The zero-order valence-corrected chi connectivity index (χ0v) is 16.2. The number of carbonyl (C=O) groups excluding carboxylic acids is 1. The van der Waals surface area contributed by atoms with Crippen LogP contribution in [0.4, 0.5) is 10.1 Å². The number of hydrogen-bond acceptors (Lipinski definition) is 3. The fourth-order valence-corrected chi connectivity index (χ4v) is 3.53. The minimum absolute atomic E-state index is 0.0565. The Balaban J connectivity index is 1.74. The molecule has 0 saturated carbocycles. The number of ether oxygens (including phenoxy) is 2. The van der Waals surface area contributed by atoms with Crippen molar-refractivity contribution in [2.75, 3.05) is 11.9 Å². The molecule has 2 aromatic rings. The second kappa shape index (κ2) is 7.79. The van der Waals surface area contributed by atoms with Gasteiger partial charge in [-0.25, -0.2) is 4.39 Å². The zero-order chi connectivity index (χ0) is 19.6. The number of hydrogen-bond donors (Lipinski definition) is 1. The molecule has 144 valence electrons. The van der Waals surface area contributed by atoms with Crippen LogP contribution in [0, 0.1) is 17.2 Å². The minimum Gasteiger partial charge on any atom is -0.348 e. The third kappa shape index (κ3) is 4.54. The molecule has 5 heteroatoms. The summed E-state index contributed by atoms with van der Waals surface area (Å²) >= 11 is 0. The molecule has 27 heavy (non-hydrogen) atoms. The summed E-state index contributed by atoms with van der Waals surface area (Å²) in [5, 5.41) is 2.83. The van der Waals surface area contributed by atoms with Crippen molar-refractivity contribution in [3.8, 4) is 0 Å². The molecule has 1 aliphatic heterocycles.